The van der Waals surface area contributed by atoms with Gasteiger partial charge in [-0.05, 0) is 30.6 Å². The van der Waals surface area contributed by atoms with Crippen LogP contribution >= 0.6 is 22.7 Å². The molecule has 172 valence electrons. The maximum atomic E-state index is 13.0. The van der Waals surface area contributed by atoms with Gasteiger partial charge in [0.05, 0.1) is 15.6 Å². The average Bonchev–Trinajstić information content (AvgIpc) is 3.17. The predicted octanol–water partition coefficient (Wildman–Crippen LogP) is 4.75. The molecule has 2 fully saturated rings. The molecule has 0 spiro atoms. The molecule has 2 aromatic heterocycles. The highest BCUT2D eigenvalue weighted by atomic mass is 32.1. The molecular formula is C23H30N4O3S2. The molecule has 2 aromatic rings. The second kappa shape index (κ2) is 8.02. The molecule has 32 heavy (non-hydrogen) atoms. The van der Waals surface area contributed by atoms with Crippen molar-refractivity contribution in [2.45, 2.75) is 60.3 Å². The van der Waals surface area contributed by atoms with Crippen molar-refractivity contribution in [1.29, 1.82) is 0 Å². The Morgan fingerprint density at radius 3 is 2.25 bits per heavy atom. The third kappa shape index (κ3) is 3.90. The van der Waals surface area contributed by atoms with Crippen LogP contribution in [-0.4, -0.2) is 45.6 Å². The number of anilines is 1. The molecule has 4 rings (SSSR count). The van der Waals surface area contributed by atoms with E-state index in [0.717, 1.165) is 30.9 Å². The third-order valence-corrected chi connectivity index (χ3v) is 9.70. The van der Waals surface area contributed by atoms with Crippen molar-refractivity contribution in [3.63, 3.8) is 0 Å². The van der Waals surface area contributed by atoms with Crippen LogP contribution in [0.5, 0.6) is 0 Å². The summed E-state index contributed by atoms with van der Waals surface area (Å²) in [7, 11) is 0. The number of hydrogen-bond acceptors (Lipinski definition) is 7. The number of aryl methyl sites for hydroxylation is 1. The number of nitrogens with zero attached hydrogens (tertiary/aromatic N) is 3. The van der Waals surface area contributed by atoms with Crippen LogP contribution in [0.2, 0.25) is 0 Å². The van der Waals surface area contributed by atoms with Crippen LogP contribution < -0.4 is 5.32 Å². The van der Waals surface area contributed by atoms with Crippen molar-refractivity contribution in [2.75, 3.05) is 18.4 Å². The number of carbonyl (C=O) groups is 3. The molecule has 3 heterocycles. The molecule has 1 saturated heterocycles. The zero-order chi connectivity index (χ0) is 23.4. The number of ketones is 1. The van der Waals surface area contributed by atoms with Gasteiger partial charge in [0, 0.05) is 37.2 Å². The van der Waals surface area contributed by atoms with Crippen LogP contribution in [-0.2, 0) is 4.79 Å². The van der Waals surface area contributed by atoms with E-state index in [1.807, 2.05) is 4.90 Å². The Balaban J connectivity index is 1.35. The van der Waals surface area contributed by atoms with Crippen molar-refractivity contribution in [3.8, 4) is 0 Å². The Bertz CT molecular complexity index is 1060. The highest BCUT2D eigenvalue weighted by Crippen LogP contribution is 2.68. The van der Waals surface area contributed by atoms with E-state index in [0.29, 0.717) is 21.4 Å². The fraction of sp³-hybridized carbons (Fsp3) is 0.609. The monoisotopic (exact) mass is 474 g/mol. The molecule has 1 aliphatic carbocycles. The zero-order valence-electron chi connectivity index (χ0n) is 19.4. The summed E-state index contributed by atoms with van der Waals surface area (Å²) >= 11 is 2.67. The normalized spacial score (nSPS) is 20.2. The first-order valence-electron chi connectivity index (χ1n) is 11.0. The SMILES string of the molecule is CC(=O)c1sc(NC(=O)c2csc(C3CCN(C(=O)C4C(C)(C)C4(C)C)CC3)n2)nc1C. The van der Waals surface area contributed by atoms with Gasteiger partial charge in [-0.25, -0.2) is 9.97 Å². The number of likely N-dealkylation sites (tertiary alicyclic amines) is 1. The number of amides is 2. The van der Waals surface area contributed by atoms with Gasteiger partial charge in [0.15, 0.2) is 10.9 Å². The molecule has 0 radical (unpaired) electrons. The minimum absolute atomic E-state index is 0.0552. The van der Waals surface area contributed by atoms with Gasteiger partial charge in [0.25, 0.3) is 5.91 Å². The number of rotatable bonds is 5. The highest BCUT2D eigenvalue weighted by Gasteiger charge is 2.68. The first-order chi connectivity index (χ1) is 14.9. The fourth-order valence-corrected chi connectivity index (χ4v) is 6.69. The molecular weight excluding hydrogens is 444 g/mol. The van der Waals surface area contributed by atoms with Gasteiger partial charge in [-0.3, -0.25) is 19.7 Å². The topological polar surface area (TPSA) is 92.3 Å². The molecule has 7 nitrogen and oxygen atoms in total. The largest absolute Gasteiger partial charge is 0.342 e. The molecule has 0 bridgehead atoms. The molecule has 0 aromatic carbocycles. The molecule has 1 N–H and O–H groups in total. The number of piperidine rings is 1. The van der Waals surface area contributed by atoms with Gasteiger partial charge in [-0.2, -0.15) is 0 Å². The van der Waals surface area contributed by atoms with Crippen molar-refractivity contribution < 1.29 is 14.4 Å². The number of thiazole rings is 2. The molecule has 0 unspecified atom stereocenters. The second-order valence-corrected chi connectivity index (χ2v) is 11.9. The number of nitrogens with one attached hydrogen (secondary N) is 1. The maximum absolute atomic E-state index is 13.0. The van der Waals surface area contributed by atoms with Gasteiger partial charge in [0.2, 0.25) is 5.91 Å². The van der Waals surface area contributed by atoms with Gasteiger partial charge >= 0.3 is 0 Å². The lowest BCUT2D eigenvalue weighted by Crippen LogP contribution is -2.39. The van der Waals surface area contributed by atoms with E-state index in [1.54, 1.807) is 12.3 Å². The van der Waals surface area contributed by atoms with E-state index < -0.39 is 0 Å². The van der Waals surface area contributed by atoms with Gasteiger partial charge in [-0.1, -0.05) is 39.0 Å². The van der Waals surface area contributed by atoms with Gasteiger partial charge in [-0.15, -0.1) is 11.3 Å². The standard InChI is InChI=1S/C23H30N4O3S2/c1-12-16(13(2)28)32-21(24-12)26-18(29)15-11-31-19(25-15)14-7-9-27(10-8-14)20(30)17-22(3,4)23(17,5)6/h11,14,17H,7-10H2,1-6H3,(H,24,26,29). The Labute approximate surface area is 196 Å². The van der Waals surface area contributed by atoms with E-state index in [-0.39, 0.29) is 40.3 Å². The Kier molecular flexibility index (Phi) is 5.78. The quantitative estimate of drug-likeness (QED) is 0.631. The smallest absolute Gasteiger partial charge is 0.276 e. The maximum Gasteiger partial charge on any atom is 0.276 e. The molecule has 2 amide bonds. The summed E-state index contributed by atoms with van der Waals surface area (Å²) in [6.45, 7) is 13.4. The van der Waals surface area contributed by atoms with E-state index in [4.69, 9.17) is 0 Å². The van der Waals surface area contributed by atoms with Crippen molar-refractivity contribution in [3.05, 3.63) is 26.7 Å². The van der Waals surface area contributed by atoms with Gasteiger partial charge < -0.3 is 4.90 Å². The summed E-state index contributed by atoms with van der Waals surface area (Å²) in [5.74, 6) is 0.260. The summed E-state index contributed by atoms with van der Waals surface area (Å²) in [5, 5.41) is 5.87. The molecule has 1 aliphatic heterocycles. The van der Waals surface area contributed by atoms with Crippen LogP contribution in [0.4, 0.5) is 5.13 Å². The highest BCUT2D eigenvalue weighted by molar-refractivity contribution is 7.17. The lowest BCUT2D eigenvalue weighted by Gasteiger charge is -2.31. The first-order valence-corrected chi connectivity index (χ1v) is 12.7. The summed E-state index contributed by atoms with van der Waals surface area (Å²) in [6.07, 6.45) is 1.73. The number of hydrogen-bond donors (Lipinski definition) is 1. The number of aromatic nitrogens is 2. The van der Waals surface area contributed by atoms with Crippen molar-refractivity contribution in [1.82, 2.24) is 14.9 Å². The number of carbonyl (C=O) groups excluding carboxylic acids is 3. The predicted molar refractivity (Wildman–Crippen MR) is 127 cm³/mol. The van der Waals surface area contributed by atoms with Crippen LogP contribution in [0.15, 0.2) is 5.38 Å². The lowest BCUT2D eigenvalue weighted by atomic mass is 9.96. The zero-order valence-corrected chi connectivity index (χ0v) is 21.1. The van der Waals surface area contributed by atoms with Gasteiger partial charge in [0.1, 0.15) is 5.69 Å². The Morgan fingerprint density at radius 2 is 1.72 bits per heavy atom. The molecule has 9 heteroatoms. The van der Waals surface area contributed by atoms with E-state index >= 15 is 0 Å². The lowest BCUT2D eigenvalue weighted by molar-refractivity contribution is -0.134. The third-order valence-electron chi connectivity index (χ3n) is 7.51. The van der Waals surface area contributed by atoms with Crippen molar-refractivity contribution >= 4 is 45.4 Å². The molecule has 1 saturated carbocycles. The second-order valence-electron chi connectivity index (χ2n) is 9.99. The van der Waals surface area contributed by atoms with E-state index in [2.05, 4.69) is 43.0 Å². The molecule has 0 atom stereocenters. The van der Waals surface area contributed by atoms with Crippen LogP contribution in [0.25, 0.3) is 0 Å². The van der Waals surface area contributed by atoms with Crippen LogP contribution in [0.1, 0.15) is 84.2 Å². The summed E-state index contributed by atoms with van der Waals surface area (Å²) in [6, 6.07) is 0. The Hall–Kier alpha value is -2.13. The minimum atomic E-state index is -0.317. The fourth-order valence-electron chi connectivity index (χ4n) is 4.86. The molecule has 2 aliphatic rings. The van der Waals surface area contributed by atoms with E-state index in [1.165, 1.54) is 29.6 Å². The Morgan fingerprint density at radius 1 is 1.09 bits per heavy atom. The minimum Gasteiger partial charge on any atom is -0.342 e. The number of Topliss-reactive ketones (excluding diaryl/α,β-unsaturated/α-hetero) is 1. The summed E-state index contributed by atoms with van der Waals surface area (Å²) in [4.78, 5) is 48.6. The van der Waals surface area contributed by atoms with Crippen LogP contribution in [0, 0.1) is 23.7 Å². The summed E-state index contributed by atoms with van der Waals surface area (Å²) in [5.41, 5.74) is 1.09. The van der Waals surface area contributed by atoms with Crippen molar-refractivity contribution in [2.24, 2.45) is 16.7 Å². The van der Waals surface area contributed by atoms with Crippen LogP contribution in [0.3, 0.4) is 0 Å². The first kappa shape index (κ1) is 23.0. The van der Waals surface area contributed by atoms with E-state index in [9.17, 15) is 14.4 Å². The summed E-state index contributed by atoms with van der Waals surface area (Å²) < 4.78 is 0. The average molecular weight is 475 g/mol.